The molecule has 0 saturated heterocycles. The zero-order valence-electron chi connectivity index (χ0n) is 13.1. The first-order chi connectivity index (χ1) is 11.0. The van der Waals surface area contributed by atoms with E-state index in [1.54, 1.807) is 0 Å². The molecular formula is C17H20N4OS. The fraction of sp³-hybridized carbons (Fsp3) is 0.176. The molecule has 0 aliphatic carbocycles. The largest absolute Gasteiger partial charge is 0.376 e. The van der Waals surface area contributed by atoms with E-state index in [4.69, 9.17) is 12.2 Å². The van der Waals surface area contributed by atoms with Gasteiger partial charge in [-0.25, -0.2) is 0 Å². The number of hydrogen-bond donors (Lipinski definition) is 4. The summed E-state index contributed by atoms with van der Waals surface area (Å²) in [4.78, 5) is 11.7. The average Bonchev–Trinajstić information content (AvgIpc) is 2.55. The molecule has 0 atom stereocenters. The van der Waals surface area contributed by atoms with E-state index in [0.717, 1.165) is 11.4 Å². The van der Waals surface area contributed by atoms with Gasteiger partial charge in [0.2, 0.25) is 0 Å². The van der Waals surface area contributed by atoms with Crippen LogP contribution in [0.5, 0.6) is 0 Å². The zero-order valence-corrected chi connectivity index (χ0v) is 14.0. The third-order valence-corrected chi connectivity index (χ3v) is 3.51. The lowest BCUT2D eigenvalue weighted by atomic mass is 10.1. The Hall–Kier alpha value is -2.60. The van der Waals surface area contributed by atoms with Crippen molar-refractivity contribution >= 4 is 34.6 Å². The summed E-state index contributed by atoms with van der Waals surface area (Å²) in [6.07, 6.45) is 0. The number of thiocarbonyl (C=S) groups is 1. The van der Waals surface area contributed by atoms with E-state index in [1.807, 2.05) is 55.5 Å². The van der Waals surface area contributed by atoms with Crippen molar-refractivity contribution in [2.45, 2.75) is 13.8 Å². The van der Waals surface area contributed by atoms with Crippen molar-refractivity contribution < 1.29 is 4.79 Å². The number of nitrogens with one attached hydrogen (secondary N) is 4. The lowest BCUT2D eigenvalue weighted by molar-refractivity contribution is -0.119. The fourth-order valence-electron chi connectivity index (χ4n) is 1.89. The van der Waals surface area contributed by atoms with Crippen LogP contribution in [0.15, 0.2) is 48.5 Å². The van der Waals surface area contributed by atoms with Gasteiger partial charge < -0.3 is 10.6 Å². The number of carbonyl (C=O) groups is 1. The standard InChI is InChI=1S/C17H20N4OS/c1-12-8-9-15(10-13(12)2)19-17(23)21-20-16(22)11-18-14-6-4-3-5-7-14/h3-10,18H,11H2,1-2H3,(H,20,22)(H2,19,21,23). The Labute approximate surface area is 141 Å². The van der Waals surface area contributed by atoms with Gasteiger partial charge in [-0.15, -0.1) is 0 Å². The van der Waals surface area contributed by atoms with E-state index in [1.165, 1.54) is 11.1 Å². The summed E-state index contributed by atoms with van der Waals surface area (Å²) in [7, 11) is 0. The van der Waals surface area contributed by atoms with Crippen molar-refractivity contribution in [3.05, 3.63) is 59.7 Å². The first kappa shape index (κ1) is 16.8. The van der Waals surface area contributed by atoms with Crippen molar-refractivity contribution in [1.29, 1.82) is 0 Å². The first-order valence-electron chi connectivity index (χ1n) is 7.26. The molecule has 0 spiro atoms. The molecule has 120 valence electrons. The van der Waals surface area contributed by atoms with Crippen LogP contribution in [0.3, 0.4) is 0 Å². The van der Waals surface area contributed by atoms with Gasteiger partial charge in [-0.2, -0.15) is 0 Å². The normalized spacial score (nSPS) is 9.83. The molecule has 0 fully saturated rings. The smallest absolute Gasteiger partial charge is 0.257 e. The Bertz CT molecular complexity index is 688. The van der Waals surface area contributed by atoms with Crippen LogP contribution in [-0.4, -0.2) is 17.6 Å². The molecule has 5 nitrogen and oxygen atoms in total. The molecule has 2 aromatic rings. The Balaban J connectivity index is 1.73. The summed E-state index contributed by atoms with van der Waals surface area (Å²) in [5.41, 5.74) is 9.38. The SMILES string of the molecule is Cc1ccc(NC(=S)NNC(=O)CNc2ccccc2)cc1C. The Kier molecular flexibility index (Phi) is 5.94. The van der Waals surface area contributed by atoms with E-state index in [-0.39, 0.29) is 12.5 Å². The second-order valence-electron chi connectivity index (χ2n) is 5.15. The van der Waals surface area contributed by atoms with Gasteiger partial charge in [-0.1, -0.05) is 24.3 Å². The van der Waals surface area contributed by atoms with Gasteiger partial charge >= 0.3 is 0 Å². The summed E-state index contributed by atoms with van der Waals surface area (Å²) >= 11 is 5.15. The van der Waals surface area contributed by atoms with Crippen LogP contribution in [-0.2, 0) is 4.79 Å². The van der Waals surface area contributed by atoms with E-state index < -0.39 is 0 Å². The molecule has 0 bridgehead atoms. The minimum absolute atomic E-state index is 0.156. The topological polar surface area (TPSA) is 65.2 Å². The third kappa shape index (κ3) is 5.60. The number of carbonyl (C=O) groups excluding carboxylic acids is 1. The maximum Gasteiger partial charge on any atom is 0.257 e. The highest BCUT2D eigenvalue weighted by molar-refractivity contribution is 7.80. The van der Waals surface area contributed by atoms with Gasteiger partial charge in [-0.05, 0) is 61.5 Å². The highest BCUT2D eigenvalue weighted by atomic mass is 32.1. The lowest BCUT2D eigenvalue weighted by Crippen LogP contribution is -2.45. The molecule has 0 aliphatic rings. The van der Waals surface area contributed by atoms with Crippen LogP contribution in [0.25, 0.3) is 0 Å². The Morgan fingerprint density at radius 3 is 2.39 bits per heavy atom. The van der Waals surface area contributed by atoms with E-state index in [0.29, 0.717) is 5.11 Å². The number of aryl methyl sites for hydroxylation is 2. The van der Waals surface area contributed by atoms with Gasteiger partial charge in [0.1, 0.15) is 0 Å². The maximum absolute atomic E-state index is 11.7. The second kappa shape index (κ2) is 8.14. The summed E-state index contributed by atoms with van der Waals surface area (Å²) in [5, 5.41) is 6.37. The molecular weight excluding hydrogens is 308 g/mol. The second-order valence-corrected chi connectivity index (χ2v) is 5.55. The summed E-state index contributed by atoms with van der Waals surface area (Å²) in [5.74, 6) is -0.210. The van der Waals surface area contributed by atoms with Gasteiger partial charge in [0.05, 0.1) is 6.54 Å². The number of amides is 1. The highest BCUT2D eigenvalue weighted by Gasteiger charge is 2.03. The Morgan fingerprint density at radius 2 is 1.70 bits per heavy atom. The Morgan fingerprint density at radius 1 is 0.957 bits per heavy atom. The summed E-state index contributed by atoms with van der Waals surface area (Å²) < 4.78 is 0. The van der Waals surface area contributed by atoms with Gasteiger partial charge in [0, 0.05) is 11.4 Å². The number of para-hydroxylation sites is 1. The summed E-state index contributed by atoms with van der Waals surface area (Å²) in [6, 6.07) is 15.5. The fourth-order valence-corrected chi connectivity index (χ4v) is 2.06. The van der Waals surface area contributed by atoms with Gasteiger partial charge in [-0.3, -0.25) is 15.6 Å². The van der Waals surface area contributed by atoms with Crippen molar-refractivity contribution in [3.63, 3.8) is 0 Å². The average molecular weight is 328 g/mol. The molecule has 4 N–H and O–H groups in total. The number of rotatable bonds is 4. The predicted octanol–water partition coefficient (Wildman–Crippen LogP) is 2.73. The molecule has 0 radical (unpaired) electrons. The maximum atomic E-state index is 11.7. The van der Waals surface area contributed by atoms with Crippen molar-refractivity contribution in [3.8, 4) is 0 Å². The van der Waals surface area contributed by atoms with Gasteiger partial charge in [0.15, 0.2) is 5.11 Å². The summed E-state index contributed by atoms with van der Waals surface area (Å²) in [6.45, 7) is 4.24. The van der Waals surface area contributed by atoms with Crippen LogP contribution in [0.4, 0.5) is 11.4 Å². The van der Waals surface area contributed by atoms with Crippen LogP contribution in [0.2, 0.25) is 0 Å². The predicted molar refractivity (Wildman–Crippen MR) is 98.3 cm³/mol. The monoisotopic (exact) mass is 328 g/mol. The number of benzene rings is 2. The van der Waals surface area contributed by atoms with Gasteiger partial charge in [0.25, 0.3) is 5.91 Å². The number of hydrazine groups is 1. The molecule has 23 heavy (non-hydrogen) atoms. The van der Waals surface area contributed by atoms with E-state index in [9.17, 15) is 4.79 Å². The molecule has 2 aromatic carbocycles. The van der Waals surface area contributed by atoms with Crippen LogP contribution in [0, 0.1) is 13.8 Å². The first-order valence-corrected chi connectivity index (χ1v) is 7.67. The van der Waals surface area contributed by atoms with Crippen molar-refractivity contribution in [1.82, 2.24) is 10.9 Å². The number of hydrogen-bond acceptors (Lipinski definition) is 3. The molecule has 6 heteroatoms. The van der Waals surface area contributed by atoms with Crippen molar-refractivity contribution in [2.24, 2.45) is 0 Å². The van der Waals surface area contributed by atoms with E-state index >= 15 is 0 Å². The van der Waals surface area contributed by atoms with E-state index in [2.05, 4.69) is 28.4 Å². The van der Waals surface area contributed by atoms with Crippen molar-refractivity contribution in [2.75, 3.05) is 17.2 Å². The minimum Gasteiger partial charge on any atom is -0.376 e. The molecule has 0 heterocycles. The van der Waals surface area contributed by atoms with Crippen LogP contribution < -0.4 is 21.5 Å². The van der Waals surface area contributed by atoms with Crippen LogP contribution >= 0.6 is 12.2 Å². The molecule has 0 aromatic heterocycles. The quantitative estimate of drug-likeness (QED) is 0.513. The molecule has 1 amide bonds. The zero-order chi connectivity index (χ0) is 16.7. The third-order valence-electron chi connectivity index (χ3n) is 3.31. The minimum atomic E-state index is -0.210. The lowest BCUT2D eigenvalue weighted by Gasteiger charge is -2.13. The molecule has 0 aliphatic heterocycles. The number of anilines is 2. The highest BCUT2D eigenvalue weighted by Crippen LogP contribution is 2.13. The molecule has 0 saturated carbocycles. The van der Waals surface area contributed by atoms with Crippen LogP contribution in [0.1, 0.15) is 11.1 Å². The molecule has 2 rings (SSSR count). The molecule has 0 unspecified atom stereocenters.